The van der Waals surface area contributed by atoms with E-state index in [1.54, 1.807) is 24.3 Å². The van der Waals surface area contributed by atoms with E-state index >= 15 is 0 Å². The maximum atomic E-state index is 12.9. The van der Waals surface area contributed by atoms with Gasteiger partial charge in [0.2, 0.25) is 0 Å². The second-order valence-electron chi connectivity index (χ2n) is 5.23. The summed E-state index contributed by atoms with van der Waals surface area (Å²) in [5.41, 5.74) is 7.43. The monoisotopic (exact) mass is 333 g/mol. The van der Waals surface area contributed by atoms with Gasteiger partial charge in [-0.1, -0.05) is 18.2 Å². The summed E-state index contributed by atoms with van der Waals surface area (Å²) in [5.74, 6) is 0.331. The van der Waals surface area contributed by atoms with Gasteiger partial charge in [0, 0.05) is 0 Å². The zero-order chi connectivity index (χ0) is 17.5. The van der Waals surface area contributed by atoms with Crippen molar-refractivity contribution in [2.45, 2.75) is 19.1 Å². The summed E-state index contributed by atoms with van der Waals surface area (Å²) in [4.78, 5) is 11.4. The Morgan fingerprint density at radius 1 is 1.08 bits per heavy atom. The maximum Gasteiger partial charge on any atom is 0.322 e. The van der Waals surface area contributed by atoms with E-state index < -0.39 is 12.0 Å². The van der Waals surface area contributed by atoms with Crippen molar-refractivity contribution in [3.05, 3.63) is 59.4 Å². The summed E-state index contributed by atoms with van der Waals surface area (Å²) >= 11 is 0. The molecule has 0 spiro atoms. The fourth-order valence-electron chi connectivity index (χ4n) is 2.19. The van der Waals surface area contributed by atoms with Crippen LogP contribution in [0.25, 0.3) is 0 Å². The summed E-state index contributed by atoms with van der Waals surface area (Å²) in [6, 6.07) is 10.7. The van der Waals surface area contributed by atoms with E-state index in [0.717, 1.165) is 11.1 Å². The van der Waals surface area contributed by atoms with Gasteiger partial charge in [-0.05, 0) is 41.8 Å². The number of nitrogens with two attached hydrogens (primary N) is 1. The zero-order valence-corrected chi connectivity index (χ0v) is 13.6. The molecule has 1 atom stereocenters. The molecule has 0 aliphatic rings. The zero-order valence-electron chi connectivity index (χ0n) is 13.6. The van der Waals surface area contributed by atoms with Crippen LogP contribution in [0.4, 0.5) is 4.39 Å². The molecular weight excluding hydrogens is 313 g/mol. The molecule has 0 radical (unpaired) electrons. The van der Waals surface area contributed by atoms with E-state index in [0.29, 0.717) is 17.9 Å². The Morgan fingerprint density at radius 2 is 1.75 bits per heavy atom. The van der Waals surface area contributed by atoms with Crippen LogP contribution >= 0.6 is 0 Å². The van der Waals surface area contributed by atoms with Crippen molar-refractivity contribution in [1.82, 2.24) is 0 Å². The van der Waals surface area contributed by atoms with Gasteiger partial charge in [-0.15, -0.1) is 0 Å². The average molecular weight is 333 g/mol. The van der Waals surface area contributed by atoms with E-state index in [4.69, 9.17) is 15.2 Å². The van der Waals surface area contributed by atoms with Gasteiger partial charge < -0.3 is 19.9 Å². The van der Waals surface area contributed by atoms with Crippen LogP contribution in [0.3, 0.4) is 0 Å². The minimum atomic E-state index is -0.731. The van der Waals surface area contributed by atoms with Gasteiger partial charge in [0.1, 0.15) is 18.5 Å². The molecule has 0 saturated heterocycles. The minimum Gasteiger partial charge on any atom is -0.493 e. The van der Waals surface area contributed by atoms with E-state index in [1.165, 1.54) is 26.4 Å². The fraction of sp³-hybridized carbons (Fsp3) is 0.278. The number of carbonyl (C=O) groups excluding carboxylic acids is 1. The molecule has 0 aliphatic heterocycles. The summed E-state index contributed by atoms with van der Waals surface area (Å²) in [7, 11) is 2.83. The molecule has 2 N–H and O–H groups in total. The topological polar surface area (TPSA) is 70.8 Å². The molecule has 24 heavy (non-hydrogen) atoms. The van der Waals surface area contributed by atoms with Crippen LogP contribution in [0.5, 0.6) is 11.5 Å². The third kappa shape index (κ3) is 4.70. The van der Waals surface area contributed by atoms with Gasteiger partial charge in [-0.2, -0.15) is 0 Å². The average Bonchev–Trinajstić information content (AvgIpc) is 2.61. The normalized spacial score (nSPS) is 11.7. The summed E-state index contributed by atoms with van der Waals surface area (Å²) in [5, 5.41) is 0. The molecule has 128 valence electrons. The van der Waals surface area contributed by atoms with E-state index in [1.807, 2.05) is 6.07 Å². The molecule has 0 aliphatic carbocycles. The molecule has 2 aromatic carbocycles. The fourth-order valence-corrected chi connectivity index (χ4v) is 2.19. The van der Waals surface area contributed by atoms with E-state index in [9.17, 15) is 9.18 Å². The van der Waals surface area contributed by atoms with Crippen molar-refractivity contribution in [1.29, 1.82) is 0 Å². The van der Waals surface area contributed by atoms with Gasteiger partial charge in [0.15, 0.2) is 11.5 Å². The Bertz CT molecular complexity index is 688. The van der Waals surface area contributed by atoms with Crippen LogP contribution in [0.15, 0.2) is 42.5 Å². The predicted octanol–water partition coefficient (Wildman–Crippen LogP) is 2.46. The number of hydrogen-bond donors (Lipinski definition) is 1. The Morgan fingerprint density at radius 3 is 2.38 bits per heavy atom. The van der Waals surface area contributed by atoms with Gasteiger partial charge >= 0.3 is 5.97 Å². The molecule has 0 fully saturated rings. The summed E-state index contributed by atoms with van der Waals surface area (Å²) in [6.07, 6.45) is 0.335. The van der Waals surface area contributed by atoms with Crippen molar-refractivity contribution in [2.75, 3.05) is 14.2 Å². The lowest BCUT2D eigenvalue weighted by atomic mass is 10.1. The second kappa shape index (κ2) is 8.31. The highest BCUT2D eigenvalue weighted by atomic mass is 19.1. The van der Waals surface area contributed by atoms with Crippen molar-refractivity contribution in [3.63, 3.8) is 0 Å². The molecule has 5 nitrogen and oxygen atoms in total. The molecule has 6 heteroatoms. The lowest BCUT2D eigenvalue weighted by Gasteiger charge is -2.14. The number of rotatable bonds is 7. The highest BCUT2D eigenvalue weighted by Crippen LogP contribution is 2.29. The first-order valence-electron chi connectivity index (χ1n) is 7.41. The number of ether oxygens (including phenoxy) is 3. The number of methoxy groups -OCH3 is 2. The van der Waals surface area contributed by atoms with Crippen LogP contribution in [-0.4, -0.2) is 26.2 Å². The molecule has 0 aromatic heterocycles. The minimum absolute atomic E-state index is 0.289. The number of hydrogen-bond acceptors (Lipinski definition) is 5. The van der Waals surface area contributed by atoms with Crippen LogP contribution in [0.1, 0.15) is 11.1 Å². The van der Waals surface area contributed by atoms with E-state index in [-0.39, 0.29) is 12.4 Å². The third-order valence-electron chi connectivity index (χ3n) is 3.50. The summed E-state index contributed by atoms with van der Waals surface area (Å²) in [6.45, 7) is 0.289. The number of benzene rings is 2. The number of esters is 1. The van der Waals surface area contributed by atoms with Crippen LogP contribution in [0.2, 0.25) is 0 Å². The SMILES string of the molecule is COC(=O)C(N)Cc1ccc(OCc2ccc(F)cc2)c(OC)c1. The van der Waals surface area contributed by atoms with E-state index in [2.05, 4.69) is 4.74 Å². The molecule has 2 rings (SSSR count). The van der Waals surface area contributed by atoms with Gasteiger partial charge in [0.25, 0.3) is 0 Å². The molecule has 0 heterocycles. The Hall–Kier alpha value is -2.60. The van der Waals surface area contributed by atoms with Crippen LogP contribution < -0.4 is 15.2 Å². The molecule has 2 aromatic rings. The number of halogens is 1. The highest BCUT2D eigenvalue weighted by molar-refractivity contribution is 5.75. The first-order chi connectivity index (χ1) is 11.5. The largest absolute Gasteiger partial charge is 0.493 e. The van der Waals surface area contributed by atoms with Crippen molar-refractivity contribution in [2.24, 2.45) is 5.73 Å². The molecular formula is C18H20FNO4. The predicted molar refractivity (Wildman–Crippen MR) is 87.4 cm³/mol. The number of carbonyl (C=O) groups is 1. The van der Waals surface area contributed by atoms with Crippen molar-refractivity contribution < 1.29 is 23.4 Å². The van der Waals surface area contributed by atoms with Gasteiger partial charge in [0.05, 0.1) is 14.2 Å². The van der Waals surface area contributed by atoms with Crippen molar-refractivity contribution >= 4 is 5.97 Å². The molecule has 0 amide bonds. The summed E-state index contributed by atoms with van der Waals surface area (Å²) < 4.78 is 28.5. The smallest absolute Gasteiger partial charge is 0.322 e. The van der Waals surface area contributed by atoms with Gasteiger partial charge in [-0.3, -0.25) is 4.79 Å². The second-order valence-corrected chi connectivity index (χ2v) is 5.23. The molecule has 0 bridgehead atoms. The van der Waals surface area contributed by atoms with Crippen LogP contribution in [-0.2, 0) is 22.6 Å². The molecule has 0 saturated carbocycles. The standard InChI is InChI=1S/C18H20FNO4/c1-22-17-10-13(9-15(20)18(21)23-2)5-8-16(17)24-11-12-3-6-14(19)7-4-12/h3-8,10,15H,9,11,20H2,1-2H3. The quantitative estimate of drug-likeness (QED) is 0.788. The van der Waals surface area contributed by atoms with Gasteiger partial charge in [-0.25, -0.2) is 4.39 Å². The van der Waals surface area contributed by atoms with Crippen LogP contribution in [0, 0.1) is 5.82 Å². The lowest BCUT2D eigenvalue weighted by molar-refractivity contribution is -0.142. The molecule has 1 unspecified atom stereocenters. The highest BCUT2D eigenvalue weighted by Gasteiger charge is 2.15. The first-order valence-corrected chi connectivity index (χ1v) is 7.41. The maximum absolute atomic E-state index is 12.9. The Balaban J connectivity index is 2.05. The lowest BCUT2D eigenvalue weighted by Crippen LogP contribution is -2.33. The third-order valence-corrected chi connectivity index (χ3v) is 3.50. The first kappa shape index (κ1) is 17.7. The Labute approximate surface area is 140 Å². The Kier molecular flexibility index (Phi) is 6.14. The van der Waals surface area contributed by atoms with Crippen molar-refractivity contribution in [3.8, 4) is 11.5 Å².